The van der Waals surface area contributed by atoms with Crippen molar-refractivity contribution in [3.05, 3.63) is 69.2 Å². The van der Waals surface area contributed by atoms with Crippen LogP contribution in [0.1, 0.15) is 16.7 Å². The molecule has 0 unspecified atom stereocenters. The fraction of sp³-hybridized carbons (Fsp3) is 0.143. The van der Waals surface area contributed by atoms with Gasteiger partial charge in [-0.15, -0.1) is 0 Å². The summed E-state index contributed by atoms with van der Waals surface area (Å²) in [6.45, 7) is 2.06. The molecule has 0 bridgehead atoms. The minimum atomic E-state index is 0.623. The predicted molar refractivity (Wildman–Crippen MR) is 70.4 cm³/mol. The third-order valence-electron chi connectivity index (χ3n) is 2.65. The molecule has 0 saturated carbocycles. The van der Waals surface area contributed by atoms with Crippen LogP contribution in [0.3, 0.4) is 0 Å². The van der Waals surface area contributed by atoms with Crippen LogP contribution in [-0.2, 0) is 6.42 Å². The third-order valence-corrected chi connectivity index (χ3v) is 3.50. The topological polar surface area (TPSA) is 0 Å². The Labute approximate surface area is 106 Å². The number of hydrogen-bond acceptors (Lipinski definition) is 0. The molecule has 0 radical (unpaired) electrons. The molecule has 0 heterocycles. The van der Waals surface area contributed by atoms with E-state index < -0.39 is 0 Å². The molecule has 2 aromatic carbocycles. The van der Waals surface area contributed by atoms with E-state index in [2.05, 4.69) is 19.1 Å². The maximum atomic E-state index is 6.22. The van der Waals surface area contributed by atoms with Gasteiger partial charge in [-0.05, 0) is 36.1 Å². The number of hydrogen-bond donors (Lipinski definition) is 0. The second-order valence-electron chi connectivity index (χ2n) is 3.82. The van der Waals surface area contributed by atoms with Crippen molar-refractivity contribution in [3.8, 4) is 0 Å². The molecule has 2 heteroatoms. The maximum Gasteiger partial charge on any atom is 0.0630 e. The van der Waals surface area contributed by atoms with E-state index >= 15 is 0 Å². The molecular formula is C14H12Cl2. The zero-order chi connectivity index (χ0) is 11.5. The van der Waals surface area contributed by atoms with Crippen molar-refractivity contribution in [3.63, 3.8) is 0 Å². The number of benzene rings is 2. The van der Waals surface area contributed by atoms with Crippen LogP contribution >= 0.6 is 23.2 Å². The summed E-state index contributed by atoms with van der Waals surface area (Å²) in [5, 5.41) is 1.30. The normalized spacial score (nSPS) is 10.4. The highest BCUT2D eigenvalue weighted by Gasteiger charge is 2.08. The van der Waals surface area contributed by atoms with Crippen LogP contribution in [0.15, 0.2) is 42.5 Å². The molecule has 82 valence electrons. The molecule has 0 aliphatic rings. The van der Waals surface area contributed by atoms with E-state index in [0.717, 1.165) is 12.0 Å². The van der Waals surface area contributed by atoms with Crippen LogP contribution in [0.2, 0.25) is 10.0 Å². The lowest BCUT2D eigenvalue weighted by atomic mass is 10.0. The Morgan fingerprint density at radius 2 is 1.62 bits per heavy atom. The molecular weight excluding hydrogens is 239 g/mol. The Balaban J connectivity index is 2.38. The Bertz CT molecular complexity index is 490. The van der Waals surface area contributed by atoms with Crippen molar-refractivity contribution in [2.24, 2.45) is 0 Å². The molecule has 0 aliphatic heterocycles. The number of aryl methyl sites for hydroxylation is 1. The molecule has 0 aliphatic carbocycles. The lowest BCUT2D eigenvalue weighted by Crippen LogP contribution is -1.93. The van der Waals surface area contributed by atoms with Gasteiger partial charge in [0.15, 0.2) is 0 Å². The Kier molecular flexibility index (Phi) is 3.52. The monoisotopic (exact) mass is 250 g/mol. The summed E-state index contributed by atoms with van der Waals surface area (Å²) >= 11 is 12.2. The van der Waals surface area contributed by atoms with Crippen LogP contribution in [-0.4, -0.2) is 0 Å². The van der Waals surface area contributed by atoms with E-state index in [1.54, 1.807) is 0 Å². The maximum absolute atomic E-state index is 6.22. The zero-order valence-electron chi connectivity index (χ0n) is 9.00. The van der Waals surface area contributed by atoms with Gasteiger partial charge in [0.25, 0.3) is 0 Å². The van der Waals surface area contributed by atoms with Crippen LogP contribution in [0.4, 0.5) is 0 Å². The van der Waals surface area contributed by atoms with Gasteiger partial charge in [0.1, 0.15) is 0 Å². The molecule has 0 nitrogen and oxygen atoms in total. The van der Waals surface area contributed by atoms with Crippen molar-refractivity contribution in [1.29, 1.82) is 0 Å². The molecule has 0 spiro atoms. The minimum absolute atomic E-state index is 0.623. The van der Waals surface area contributed by atoms with E-state index in [9.17, 15) is 0 Å². The van der Waals surface area contributed by atoms with Gasteiger partial charge in [-0.1, -0.05) is 59.6 Å². The molecule has 2 rings (SSSR count). The van der Waals surface area contributed by atoms with E-state index in [0.29, 0.717) is 10.0 Å². The molecule has 0 amide bonds. The van der Waals surface area contributed by atoms with Gasteiger partial charge in [-0.25, -0.2) is 0 Å². The van der Waals surface area contributed by atoms with E-state index in [1.807, 2.05) is 30.3 Å². The van der Waals surface area contributed by atoms with E-state index in [-0.39, 0.29) is 0 Å². The summed E-state index contributed by atoms with van der Waals surface area (Å²) in [6, 6.07) is 14.1. The first-order valence-corrected chi connectivity index (χ1v) is 5.91. The average Bonchev–Trinajstić information content (AvgIpc) is 2.31. The Morgan fingerprint density at radius 1 is 0.938 bits per heavy atom. The number of rotatable bonds is 2. The minimum Gasteiger partial charge on any atom is -0.0827 e. The van der Waals surface area contributed by atoms with E-state index in [1.165, 1.54) is 11.1 Å². The van der Waals surface area contributed by atoms with Gasteiger partial charge in [0, 0.05) is 0 Å². The second-order valence-corrected chi connectivity index (χ2v) is 4.60. The summed E-state index contributed by atoms with van der Waals surface area (Å²) < 4.78 is 0. The Morgan fingerprint density at radius 3 is 2.31 bits per heavy atom. The predicted octanol–water partition coefficient (Wildman–Crippen LogP) is 4.89. The average molecular weight is 251 g/mol. The van der Waals surface area contributed by atoms with Crippen LogP contribution in [0.25, 0.3) is 0 Å². The third kappa shape index (κ3) is 2.40. The summed E-state index contributed by atoms with van der Waals surface area (Å²) in [7, 11) is 0. The molecule has 0 N–H and O–H groups in total. The largest absolute Gasteiger partial charge is 0.0827 e. The van der Waals surface area contributed by atoms with Crippen LogP contribution in [0.5, 0.6) is 0 Å². The smallest absolute Gasteiger partial charge is 0.0630 e. The first kappa shape index (κ1) is 11.5. The van der Waals surface area contributed by atoms with Crippen molar-refractivity contribution in [2.45, 2.75) is 13.3 Å². The summed E-state index contributed by atoms with van der Waals surface area (Å²) in [4.78, 5) is 0. The molecule has 0 aromatic heterocycles. The SMILES string of the molecule is Cc1ccc(Cl)c(Cl)c1Cc1ccccc1. The highest BCUT2D eigenvalue weighted by atomic mass is 35.5. The molecule has 0 atom stereocenters. The van der Waals surface area contributed by atoms with Crippen LogP contribution < -0.4 is 0 Å². The van der Waals surface area contributed by atoms with Gasteiger partial charge in [-0.3, -0.25) is 0 Å². The first-order valence-electron chi connectivity index (χ1n) is 5.16. The highest BCUT2D eigenvalue weighted by Crippen LogP contribution is 2.29. The molecule has 16 heavy (non-hydrogen) atoms. The molecule has 0 saturated heterocycles. The van der Waals surface area contributed by atoms with Crippen molar-refractivity contribution in [1.82, 2.24) is 0 Å². The van der Waals surface area contributed by atoms with E-state index in [4.69, 9.17) is 23.2 Å². The van der Waals surface area contributed by atoms with Crippen LogP contribution in [0, 0.1) is 6.92 Å². The van der Waals surface area contributed by atoms with Crippen molar-refractivity contribution >= 4 is 23.2 Å². The van der Waals surface area contributed by atoms with Crippen molar-refractivity contribution in [2.75, 3.05) is 0 Å². The summed E-state index contributed by atoms with van der Waals surface area (Å²) in [5.74, 6) is 0. The fourth-order valence-electron chi connectivity index (χ4n) is 1.71. The second kappa shape index (κ2) is 4.90. The van der Waals surface area contributed by atoms with Gasteiger partial charge in [0.2, 0.25) is 0 Å². The first-order chi connectivity index (χ1) is 7.68. The zero-order valence-corrected chi connectivity index (χ0v) is 10.5. The lowest BCUT2D eigenvalue weighted by molar-refractivity contribution is 1.16. The summed E-state index contributed by atoms with van der Waals surface area (Å²) in [6.07, 6.45) is 0.825. The lowest BCUT2D eigenvalue weighted by Gasteiger charge is -2.09. The number of halogens is 2. The quantitative estimate of drug-likeness (QED) is 0.712. The molecule has 0 fully saturated rings. The standard InChI is InChI=1S/C14H12Cl2/c1-10-7-8-13(15)14(16)12(10)9-11-5-3-2-4-6-11/h2-8H,9H2,1H3. The van der Waals surface area contributed by atoms with Gasteiger partial charge >= 0.3 is 0 Å². The fourth-order valence-corrected chi connectivity index (χ4v) is 2.16. The van der Waals surface area contributed by atoms with Gasteiger partial charge in [0.05, 0.1) is 10.0 Å². The molecule has 2 aromatic rings. The Hall–Kier alpha value is -0.980. The highest BCUT2D eigenvalue weighted by molar-refractivity contribution is 6.42. The summed E-state index contributed by atoms with van der Waals surface area (Å²) in [5.41, 5.74) is 3.54. The van der Waals surface area contributed by atoms with Gasteiger partial charge in [-0.2, -0.15) is 0 Å². The van der Waals surface area contributed by atoms with Crippen molar-refractivity contribution < 1.29 is 0 Å². The van der Waals surface area contributed by atoms with Gasteiger partial charge < -0.3 is 0 Å².